The first kappa shape index (κ1) is 26.7. The highest BCUT2D eigenvalue weighted by atomic mass is 19.1. The van der Waals surface area contributed by atoms with Gasteiger partial charge in [-0.2, -0.15) is 10.4 Å². The fourth-order valence-corrected chi connectivity index (χ4v) is 6.00. The van der Waals surface area contributed by atoms with Crippen LogP contribution in [0.3, 0.4) is 0 Å². The molecule has 4 heteroatoms. The van der Waals surface area contributed by atoms with Gasteiger partial charge in [-0.25, -0.2) is 9.07 Å². The van der Waals surface area contributed by atoms with Crippen molar-refractivity contribution in [2.24, 2.45) is 11.8 Å². The number of allylic oxidation sites excluding steroid dienone is 2. The summed E-state index contributed by atoms with van der Waals surface area (Å²) in [5.74, 6) is 0.172. The standard InChI is InChI=1S/C35H36FN3/c1-4-11-25-14-15-27-16-17-28(21-30(27)20-25)35-32(5-2)34(24(3)26-12-9-7-6-8-10-13-26)38-39(35)31-19-18-29(23-37)33(36)22-31/h5,14,16-22,25-26H,2-4,6-13H2,1H3. The molecule has 198 valence electrons. The van der Waals surface area contributed by atoms with Gasteiger partial charge in [-0.3, -0.25) is 0 Å². The van der Waals surface area contributed by atoms with Crippen molar-refractivity contribution >= 4 is 23.5 Å². The van der Waals surface area contributed by atoms with E-state index in [1.54, 1.807) is 10.7 Å². The number of hydrogen-bond donors (Lipinski definition) is 0. The number of hydrogen-bond acceptors (Lipinski definition) is 2. The Bertz CT molecular complexity index is 1600. The van der Waals surface area contributed by atoms with E-state index in [9.17, 15) is 9.65 Å². The second kappa shape index (κ2) is 11.9. The van der Waals surface area contributed by atoms with Crippen LogP contribution in [0, 0.1) is 29.0 Å². The lowest BCUT2D eigenvalue weighted by atomic mass is 9.84. The molecule has 0 aliphatic heterocycles. The maximum atomic E-state index is 14.8. The molecule has 1 unspecified atom stereocenters. The molecule has 1 aromatic heterocycles. The Hall–Kier alpha value is -3.93. The Balaban J connectivity index is 1.69. The van der Waals surface area contributed by atoms with Crippen molar-refractivity contribution in [1.29, 1.82) is 5.26 Å². The molecule has 0 N–H and O–H groups in total. The van der Waals surface area contributed by atoms with Crippen molar-refractivity contribution in [2.45, 2.75) is 64.7 Å². The smallest absolute Gasteiger partial charge is 0.143 e. The Morgan fingerprint density at radius 2 is 1.92 bits per heavy atom. The predicted octanol–water partition coefficient (Wildman–Crippen LogP) is 7.71. The number of rotatable bonds is 7. The minimum Gasteiger partial charge on any atom is -0.232 e. The molecular formula is C35H36FN3. The van der Waals surface area contributed by atoms with Gasteiger partial charge in [0.2, 0.25) is 0 Å². The van der Waals surface area contributed by atoms with E-state index in [0.717, 1.165) is 64.2 Å². The monoisotopic (exact) mass is 517 g/mol. The highest BCUT2D eigenvalue weighted by molar-refractivity contribution is 5.82. The Kier molecular flexibility index (Phi) is 8.10. The quantitative estimate of drug-likeness (QED) is 0.322. The first-order valence-corrected chi connectivity index (χ1v) is 14.3. The summed E-state index contributed by atoms with van der Waals surface area (Å²) < 4.78 is 16.6. The van der Waals surface area contributed by atoms with Crippen LogP contribution in [0.15, 0.2) is 55.6 Å². The molecule has 1 heterocycles. The van der Waals surface area contributed by atoms with Crippen molar-refractivity contribution < 1.29 is 4.39 Å². The lowest BCUT2D eigenvalue weighted by molar-refractivity contribution is 0.443. The van der Waals surface area contributed by atoms with Gasteiger partial charge in [0.15, 0.2) is 0 Å². The highest BCUT2D eigenvalue weighted by Gasteiger charge is 2.25. The molecule has 0 radical (unpaired) electrons. The van der Waals surface area contributed by atoms with Crippen molar-refractivity contribution in [3.05, 3.63) is 88.7 Å². The second-order valence-electron chi connectivity index (χ2n) is 10.8. The molecule has 1 atom stereocenters. The highest BCUT2D eigenvalue weighted by Crippen LogP contribution is 2.38. The van der Waals surface area contributed by atoms with Gasteiger partial charge in [0.25, 0.3) is 0 Å². The summed E-state index contributed by atoms with van der Waals surface area (Å²) in [7, 11) is 0. The molecule has 0 amide bonds. The summed E-state index contributed by atoms with van der Waals surface area (Å²) in [4.78, 5) is 0. The molecule has 1 fully saturated rings. The molecular weight excluding hydrogens is 481 g/mol. The van der Waals surface area contributed by atoms with Crippen molar-refractivity contribution in [3.8, 4) is 23.0 Å². The van der Waals surface area contributed by atoms with Gasteiger partial charge in [-0.05, 0) is 66.3 Å². The summed E-state index contributed by atoms with van der Waals surface area (Å²) >= 11 is 0. The minimum atomic E-state index is -0.557. The molecule has 0 saturated heterocycles. The normalized spacial score (nSPS) is 17.2. The van der Waals surface area contributed by atoms with Crippen molar-refractivity contribution in [3.63, 3.8) is 0 Å². The van der Waals surface area contributed by atoms with Crippen LogP contribution in [0.1, 0.15) is 81.5 Å². The lowest BCUT2D eigenvalue weighted by Crippen LogP contribution is -2.26. The molecule has 3 aromatic rings. The van der Waals surface area contributed by atoms with Crippen LogP contribution >= 0.6 is 0 Å². The van der Waals surface area contributed by atoms with Crippen LogP contribution in [-0.4, -0.2) is 9.78 Å². The number of fused-ring (bicyclic) bond motifs is 1. The molecule has 2 aliphatic rings. The zero-order chi connectivity index (χ0) is 27.4. The van der Waals surface area contributed by atoms with Crippen LogP contribution in [0.4, 0.5) is 4.39 Å². The zero-order valence-electron chi connectivity index (χ0n) is 22.8. The molecule has 0 bridgehead atoms. The van der Waals surface area contributed by atoms with Gasteiger partial charge < -0.3 is 0 Å². The average molecular weight is 518 g/mol. The number of nitrogens with zero attached hydrogens (tertiary/aromatic N) is 3. The van der Waals surface area contributed by atoms with E-state index in [1.165, 1.54) is 44.2 Å². The maximum absolute atomic E-state index is 14.8. The first-order chi connectivity index (χ1) is 19.0. The zero-order valence-corrected chi connectivity index (χ0v) is 22.8. The molecule has 2 aromatic carbocycles. The summed E-state index contributed by atoms with van der Waals surface area (Å²) in [5, 5.41) is 16.6. The van der Waals surface area contributed by atoms with Crippen LogP contribution in [0.25, 0.3) is 40.4 Å². The van der Waals surface area contributed by atoms with Gasteiger partial charge in [0, 0.05) is 28.3 Å². The van der Waals surface area contributed by atoms with E-state index in [2.05, 4.69) is 56.2 Å². The molecule has 2 aliphatic carbocycles. The third-order valence-electron chi connectivity index (χ3n) is 8.14. The molecule has 39 heavy (non-hydrogen) atoms. The number of nitriles is 1. The van der Waals surface area contributed by atoms with Crippen LogP contribution in [0.2, 0.25) is 0 Å². The first-order valence-electron chi connectivity index (χ1n) is 14.3. The van der Waals surface area contributed by atoms with Gasteiger partial charge in [0.05, 0.1) is 22.6 Å². The topological polar surface area (TPSA) is 41.6 Å². The van der Waals surface area contributed by atoms with Gasteiger partial charge in [-0.1, -0.05) is 76.8 Å². The minimum absolute atomic E-state index is 0.0169. The van der Waals surface area contributed by atoms with Crippen LogP contribution < -0.4 is 10.4 Å². The van der Waals surface area contributed by atoms with E-state index in [4.69, 9.17) is 5.10 Å². The maximum Gasteiger partial charge on any atom is 0.143 e. The summed E-state index contributed by atoms with van der Waals surface area (Å²) in [6.07, 6.45) is 17.0. The molecule has 5 rings (SSSR count). The fourth-order valence-electron chi connectivity index (χ4n) is 6.00. The van der Waals surface area contributed by atoms with E-state index in [1.807, 2.05) is 12.1 Å². The fraction of sp³-hybridized carbons (Fsp3) is 0.343. The molecule has 3 nitrogen and oxygen atoms in total. The van der Waals surface area contributed by atoms with Crippen LogP contribution in [-0.2, 0) is 0 Å². The van der Waals surface area contributed by atoms with Gasteiger partial charge in [0.1, 0.15) is 11.9 Å². The van der Waals surface area contributed by atoms with E-state index >= 15 is 0 Å². The number of aromatic nitrogens is 2. The number of halogens is 1. The predicted molar refractivity (Wildman–Crippen MR) is 159 cm³/mol. The Morgan fingerprint density at radius 3 is 2.62 bits per heavy atom. The second-order valence-corrected chi connectivity index (χ2v) is 10.8. The largest absolute Gasteiger partial charge is 0.232 e. The van der Waals surface area contributed by atoms with Crippen molar-refractivity contribution in [2.75, 3.05) is 0 Å². The average Bonchev–Trinajstić information content (AvgIpc) is 3.32. The van der Waals surface area contributed by atoms with Gasteiger partial charge >= 0.3 is 0 Å². The SMILES string of the molecule is C=Cc1c(C(=C)C2CCCCCCC2)nn(-c2ccc(C#N)c(F)c2)c1-c1ccc2c(c1)=CC(CCC)C=C=2. The van der Waals surface area contributed by atoms with Gasteiger partial charge in [-0.15, -0.1) is 5.73 Å². The van der Waals surface area contributed by atoms with Crippen LogP contribution in [0.5, 0.6) is 0 Å². The van der Waals surface area contributed by atoms with E-state index in [0.29, 0.717) is 17.5 Å². The third kappa shape index (κ3) is 5.47. The lowest BCUT2D eigenvalue weighted by Gasteiger charge is -2.21. The Morgan fingerprint density at radius 1 is 1.15 bits per heavy atom. The summed E-state index contributed by atoms with van der Waals surface area (Å²) in [6, 6.07) is 12.9. The van der Waals surface area contributed by atoms with Crippen molar-refractivity contribution in [1.82, 2.24) is 9.78 Å². The van der Waals surface area contributed by atoms with E-state index in [-0.39, 0.29) is 5.56 Å². The molecule has 1 saturated carbocycles. The Labute approximate surface area is 231 Å². The molecule has 0 spiro atoms. The third-order valence-corrected chi connectivity index (χ3v) is 8.14. The summed E-state index contributed by atoms with van der Waals surface area (Å²) in [6.45, 7) is 10.9. The summed E-state index contributed by atoms with van der Waals surface area (Å²) in [5.41, 5.74) is 8.64. The number of benzene rings is 2. The van der Waals surface area contributed by atoms with E-state index < -0.39 is 5.82 Å².